The minimum absolute atomic E-state index is 0.0898. The fourth-order valence-corrected chi connectivity index (χ4v) is 3.02. The van der Waals surface area contributed by atoms with Crippen molar-refractivity contribution in [3.05, 3.63) is 33.8 Å². The maximum atomic E-state index is 10.8. The summed E-state index contributed by atoms with van der Waals surface area (Å²) in [5.41, 5.74) is 0.901. The number of likely N-dealkylation sites (N-methyl/N-ethyl adjacent to an activating group) is 1. The summed E-state index contributed by atoms with van der Waals surface area (Å²) in [6.45, 7) is 1.56. The lowest BCUT2D eigenvalue weighted by Gasteiger charge is -2.24. The van der Waals surface area contributed by atoms with E-state index in [1.54, 1.807) is 24.1 Å². The molecule has 2 rings (SSSR count). The van der Waals surface area contributed by atoms with E-state index in [1.165, 1.54) is 0 Å². The third kappa shape index (κ3) is 4.31. The zero-order valence-electron chi connectivity index (χ0n) is 11.7. The van der Waals surface area contributed by atoms with Crippen molar-refractivity contribution < 1.29 is 15.0 Å². The number of rotatable bonds is 5. The molecule has 116 valence electrons. The van der Waals surface area contributed by atoms with E-state index in [1.807, 2.05) is 11.0 Å². The highest BCUT2D eigenvalue weighted by molar-refractivity contribution is 6.33. The van der Waals surface area contributed by atoms with Crippen LogP contribution < -0.4 is 0 Å². The standard InChI is InChI=1S/C14H18Cl2N2O3/c1-17(8-14(20)21)12-6-18(7-13(12)19)5-9-4-10(15)2-3-11(9)16/h2-4,12-13,19H,5-8H2,1H3,(H,20,21)/t12?,13-/m1/s1. The van der Waals surface area contributed by atoms with Gasteiger partial charge in [0.1, 0.15) is 0 Å². The third-order valence-electron chi connectivity index (χ3n) is 3.69. The van der Waals surface area contributed by atoms with E-state index in [-0.39, 0.29) is 12.6 Å². The van der Waals surface area contributed by atoms with E-state index >= 15 is 0 Å². The van der Waals surface area contributed by atoms with Crippen molar-refractivity contribution in [1.29, 1.82) is 0 Å². The van der Waals surface area contributed by atoms with Gasteiger partial charge in [0, 0.05) is 35.7 Å². The molecule has 7 heteroatoms. The Morgan fingerprint density at radius 3 is 2.81 bits per heavy atom. The van der Waals surface area contributed by atoms with Crippen LogP contribution in [-0.4, -0.2) is 64.8 Å². The number of nitrogens with zero attached hydrogens (tertiary/aromatic N) is 2. The molecule has 0 spiro atoms. The zero-order chi connectivity index (χ0) is 15.6. The van der Waals surface area contributed by atoms with Gasteiger partial charge in [0.25, 0.3) is 0 Å². The number of benzene rings is 1. The lowest BCUT2D eigenvalue weighted by molar-refractivity contribution is -0.138. The molecule has 0 radical (unpaired) electrons. The van der Waals surface area contributed by atoms with Gasteiger partial charge in [0.05, 0.1) is 12.6 Å². The minimum atomic E-state index is -0.902. The number of carboxylic acids is 1. The molecule has 1 unspecified atom stereocenters. The van der Waals surface area contributed by atoms with Gasteiger partial charge in [-0.05, 0) is 30.8 Å². The molecule has 2 atom stereocenters. The lowest BCUT2D eigenvalue weighted by atomic mass is 10.2. The minimum Gasteiger partial charge on any atom is -0.480 e. The number of aliphatic hydroxyl groups is 1. The highest BCUT2D eigenvalue weighted by Crippen LogP contribution is 2.24. The van der Waals surface area contributed by atoms with Crippen LogP contribution in [0.1, 0.15) is 5.56 Å². The Bertz CT molecular complexity index is 527. The second kappa shape index (κ2) is 6.94. The van der Waals surface area contributed by atoms with E-state index in [9.17, 15) is 9.90 Å². The average Bonchev–Trinajstić information content (AvgIpc) is 2.74. The Kier molecular flexibility index (Phi) is 5.46. The van der Waals surface area contributed by atoms with E-state index in [0.29, 0.717) is 29.7 Å². The largest absolute Gasteiger partial charge is 0.480 e. The van der Waals surface area contributed by atoms with Crippen molar-refractivity contribution >= 4 is 29.2 Å². The van der Waals surface area contributed by atoms with Gasteiger partial charge in [-0.1, -0.05) is 23.2 Å². The lowest BCUT2D eigenvalue weighted by Crippen LogP contribution is -2.43. The van der Waals surface area contributed by atoms with Gasteiger partial charge in [-0.3, -0.25) is 14.6 Å². The molecule has 5 nitrogen and oxygen atoms in total. The first kappa shape index (κ1) is 16.5. The van der Waals surface area contributed by atoms with Gasteiger partial charge in [-0.25, -0.2) is 0 Å². The molecule has 1 saturated heterocycles. The molecule has 1 aliphatic heterocycles. The quantitative estimate of drug-likeness (QED) is 0.856. The molecule has 2 N–H and O–H groups in total. The number of hydrogen-bond donors (Lipinski definition) is 2. The van der Waals surface area contributed by atoms with Crippen LogP contribution in [0.25, 0.3) is 0 Å². The van der Waals surface area contributed by atoms with Gasteiger partial charge in [-0.15, -0.1) is 0 Å². The highest BCUT2D eigenvalue weighted by Gasteiger charge is 2.34. The summed E-state index contributed by atoms with van der Waals surface area (Å²) in [4.78, 5) is 14.5. The van der Waals surface area contributed by atoms with E-state index in [2.05, 4.69) is 0 Å². The van der Waals surface area contributed by atoms with Crippen molar-refractivity contribution in [2.24, 2.45) is 0 Å². The van der Waals surface area contributed by atoms with Gasteiger partial charge >= 0.3 is 5.97 Å². The first-order chi connectivity index (χ1) is 9.86. The molecule has 0 saturated carbocycles. The normalized spacial score (nSPS) is 22.9. The average molecular weight is 333 g/mol. The van der Waals surface area contributed by atoms with Crippen LogP contribution in [0.2, 0.25) is 10.0 Å². The van der Waals surface area contributed by atoms with Crippen LogP contribution in [0, 0.1) is 0 Å². The molecular formula is C14H18Cl2N2O3. The maximum Gasteiger partial charge on any atom is 0.317 e. The fourth-order valence-electron chi connectivity index (χ4n) is 2.65. The zero-order valence-corrected chi connectivity index (χ0v) is 13.2. The Balaban J connectivity index is 2.00. The first-order valence-corrected chi connectivity index (χ1v) is 7.39. The van der Waals surface area contributed by atoms with Crippen LogP contribution in [-0.2, 0) is 11.3 Å². The predicted octanol–water partition coefficient (Wildman–Crippen LogP) is 1.55. The number of β-amino-alcohol motifs (C(OH)–C–C–N with tert-alkyl or cyclic N) is 1. The molecule has 1 heterocycles. The number of halogens is 2. The molecule has 1 aromatic rings. The van der Waals surface area contributed by atoms with E-state index in [4.69, 9.17) is 28.3 Å². The topological polar surface area (TPSA) is 64.0 Å². The summed E-state index contributed by atoms with van der Waals surface area (Å²) < 4.78 is 0. The molecular weight excluding hydrogens is 315 g/mol. The summed E-state index contributed by atoms with van der Waals surface area (Å²) in [5.74, 6) is -0.902. The molecule has 0 bridgehead atoms. The number of carboxylic acid groups (broad SMARTS) is 1. The van der Waals surface area contributed by atoms with Gasteiger partial charge in [0.2, 0.25) is 0 Å². The number of aliphatic carboxylic acids is 1. The fraction of sp³-hybridized carbons (Fsp3) is 0.500. The molecule has 1 aliphatic rings. The second-order valence-electron chi connectivity index (χ2n) is 5.37. The van der Waals surface area contributed by atoms with Crippen molar-refractivity contribution in [3.8, 4) is 0 Å². The maximum absolute atomic E-state index is 10.8. The molecule has 0 aromatic heterocycles. The summed E-state index contributed by atoms with van der Waals surface area (Å²) >= 11 is 12.1. The number of likely N-dealkylation sites (tertiary alicyclic amines) is 1. The Morgan fingerprint density at radius 2 is 2.14 bits per heavy atom. The van der Waals surface area contributed by atoms with Crippen molar-refractivity contribution in [2.45, 2.75) is 18.7 Å². The summed E-state index contributed by atoms with van der Waals surface area (Å²) in [6, 6.07) is 5.10. The van der Waals surface area contributed by atoms with Crippen molar-refractivity contribution in [1.82, 2.24) is 9.80 Å². The van der Waals surface area contributed by atoms with Gasteiger partial charge < -0.3 is 10.2 Å². The van der Waals surface area contributed by atoms with Crippen LogP contribution in [0.4, 0.5) is 0 Å². The summed E-state index contributed by atoms with van der Waals surface area (Å²) in [5, 5.41) is 20.2. The van der Waals surface area contributed by atoms with Crippen LogP contribution >= 0.6 is 23.2 Å². The highest BCUT2D eigenvalue weighted by atomic mass is 35.5. The van der Waals surface area contributed by atoms with Crippen molar-refractivity contribution in [2.75, 3.05) is 26.7 Å². The molecule has 21 heavy (non-hydrogen) atoms. The van der Waals surface area contributed by atoms with Crippen LogP contribution in [0.5, 0.6) is 0 Å². The number of hydrogen-bond acceptors (Lipinski definition) is 4. The van der Waals surface area contributed by atoms with Crippen molar-refractivity contribution in [3.63, 3.8) is 0 Å². The summed E-state index contributed by atoms with van der Waals surface area (Å²) in [6.07, 6.45) is -0.577. The van der Waals surface area contributed by atoms with Crippen LogP contribution in [0.15, 0.2) is 18.2 Å². The second-order valence-corrected chi connectivity index (χ2v) is 6.22. The van der Waals surface area contributed by atoms with E-state index < -0.39 is 12.1 Å². The van der Waals surface area contributed by atoms with E-state index in [0.717, 1.165) is 5.56 Å². The molecule has 0 amide bonds. The van der Waals surface area contributed by atoms with Gasteiger partial charge in [0.15, 0.2) is 0 Å². The number of aliphatic hydroxyl groups excluding tert-OH is 1. The molecule has 1 fully saturated rings. The van der Waals surface area contributed by atoms with Crippen LogP contribution in [0.3, 0.4) is 0 Å². The Hall–Kier alpha value is -0.850. The Morgan fingerprint density at radius 1 is 1.43 bits per heavy atom. The SMILES string of the molecule is CN(CC(=O)O)C1CN(Cc2cc(Cl)ccc2Cl)C[C@H]1O. The first-order valence-electron chi connectivity index (χ1n) is 6.63. The summed E-state index contributed by atoms with van der Waals surface area (Å²) in [7, 11) is 1.71. The smallest absolute Gasteiger partial charge is 0.317 e. The monoisotopic (exact) mass is 332 g/mol. The molecule has 0 aliphatic carbocycles. The third-order valence-corrected chi connectivity index (χ3v) is 4.29. The molecule has 1 aromatic carbocycles. The van der Waals surface area contributed by atoms with Gasteiger partial charge in [-0.2, -0.15) is 0 Å². The Labute approximate surface area is 133 Å². The predicted molar refractivity (Wildman–Crippen MR) is 81.8 cm³/mol. The number of carbonyl (C=O) groups is 1.